The van der Waals surface area contributed by atoms with Crippen molar-refractivity contribution in [3.63, 3.8) is 0 Å². The van der Waals surface area contributed by atoms with E-state index >= 15 is 0 Å². The molecule has 15 heavy (non-hydrogen) atoms. The normalized spacial score (nSPS) is 12.4. The second-order valence-corrected chi connectivity index (χ2v) is 3.30. The third kappa shape index (κ3) is 3.04. The molecule has 0 fully saturated rings. The highest BCUT2D eigenvalue weighted by Crippen LogP contribution is 2.16. The maximum atomic E-state index is 10.9. The summed E-state index contributed by atoms with van der Waals surface area (Å²) in [4.78, 5) is 10.9. The van der Waals surface area contributed by atoms with Crippen LogP contribution in [0.2, 0.25) is 0 Å². The van der Waals surface area contributed by atoms with Crippen molar-refractivity contribution in [2.24, 2.45) is 5.73 Å². The Morgan fingerprint density at radius 3 is 2.87 bits per heavy atom. The Hall–Kier alpha value is -1.39. The van der Waals surface area contributed by atoms with E-state index in [1.807, 2.05) is 18.2 Å². The van der Waals surface area contributed by atoms with E-state index in [0.29, 0.717) is 6.61 Å². The number of nitrogens with two attached hydrogens (primary N) is 1. The summed E-state index contributed by atoms with van der Waals surface area (Å²) in [6.07, 6.45) is 0. The zero-order valence-corrected chi connectivity index (χ0v) is 8.64. The maximum absolute atomic E-state index is 10.9. The van der Waals surface area contributed by atoms with Gasteiger partial charge in [0.15, 0.2) is 0 Å². The highest BCUT2D eigenvalue weighted by Gasteiger charge is 2.17. The first-order chi connectivity index (χ1) is 7.19. The highest BCUT2D eigenvalue weighted by molar-refractivity contribution is 5.76. The number of carbonyl (C=O) groups is 1. The predicted molar refractivity (Wildman–Crippen MR) is 56.6 cm³/mol. The minimum absolute atomic E-state index is 0.103. The number of aliphatic carboxylic acids is 1. The number of carboxylic acids is 1. The lowest BCUT2D eigenvalue weighted by molar-refractivity contribution is -0.138. The van der Waals surface area contributed by atoms with Crippen LogP contribution >= 0.6 is 0 Å². The molecule has 0 aliphatic heterocycles. The molecule has 0 spiro atoms. The smallest absolute Gasteiger partial charge is 0.312 e. The Morgan fingerprint density at radius 1 is 1.60 bits per heavy atom. The van der Waals surface area contributed by atoms with E-state index < -0.39 is 11.9 Å². The van der Waals surface area contributed by atoms with Crippen LogP contribution in [0.25, 0.3) is 0 Å². The molecular weight excluding hydrogens is 194 g/mol. The van der Waals surface area contributed by atoms with Gasteiger partial charge in [-0.3, -0.25) is 4.79 Å². The van der Waals surface area contributed by atoms with E-state index in [4.69, 9.17) is 15.6 Å². The molecule has 1 aromatic carbocycles. The summed E-state index contributed by atoms with van der Waals surface area (Å²) in [5.41, 5.74) is 7.09. The SMILES string of the molecule is COCc1cccc(C(CN)C(=O)O)c1. The first-order valence-electron chi connectivity index (χ1n) is 4.69. The summed E-state index contributed by atoms with van der Waals surface area (Å²) < 4.78 is 4.98. The Labute approximate surface area is 88.7 Å². The molecular formula is C11H15NO3. The van der Waals surface area contributed by atoms with E-state index in [2.05, 4.69) is 0 Å². The number of ether oxygens (including phenoxy) is 1. The van der Waals surface area contributed by atoms with Gasteiger partial charge in [0.1, 0.15) is 0 Å². The number of benzene rings is 1. The summed E-state index contributed by atoms with van der Waals surface area (Å²) in [6, 6.07) is 7.29. The van der Waals surface area contributed by atoms with Crippen molar-refractivity contribution < 1.29 is 14.6 Å². The zero-order chi connectivity index (χ0) is 11.3. The van der Waals surface area contributed by atoms with Crippen molar-refractivity contribution in [1.82, 2.24) is 0 Å². The van der Waals surface area contributed by atoms with Crippen molar-refractivity contribution in [3.8, 4) is 0 Å². The fourth-order valence-corrected chi connectivity index (χ4v) is 1.45. The van der Waals surface area contributed by atoms with Gasteiger partial charge >= 0.3 is 5.97 Å². The molecule has 82 valence electrons. The molecule has 0 heterocycles. The predicted octanol–water partition coefficient (Wildman–Crippen LogP) is 0.960. The van der Waals surface area contributed by atoms with Gasteiger partial charge in [-0.15, -0.1) is 0 Å². The summed E-state index contributed by atoms with van der Waals surface area (Å²) in [6.45, 7) is 0.580. The molecule has 4 nitrogen and oxygen atoms in total. The largest absolute Gasteiger partial charge is 0.481 e. The van der Waals surface area contributed by atoms with Crippen LogP contribution in [0, 0.1) is 0 Å². The fourth-order valence-electron chi connectivity index (χ4n) is 1.45. The second kappa shape index (κ2) is 5.48. The van der Waals surface area contributed by atoms with E-state index in [0.717, 1.165) is 11.1 Å². The lowest BCUT2D eigenvalue weighted by atomic mass is 9.98. The van der Waals surface area contributed by atoms with E-state index in [-0.39, 0.29) is 6.54 Å². The maximum Gasteiger partial charge on any atom is 0.312 e. The molecule has 0 radical (unpaired) electrons. The van der Waals surface area contributed by atoms with Crippen LogP contribution in [0.3, 0.4) is 0 Å². The molecule has 0 saturated carbocycles. The lowest BCUT2D eigenvalue weighted by Crippen LogP contribution is -2.21. The molecule has 0 bridgehead atoms. The van der Waals surface area contributed by atoms with Gasteiger partial charge in [-0.25, -0.2) is 0 Å². The van der Waals surface area contributed by atoms with Gasteiger partial charge < -0.3 is 15.6 Å². The second-order valence-electron chi connectivity index (χ2n) is 3.30. The van der Waals surface area contributed by atoms with Gasteiger partial charge in [0, 0.05) is 13.7 Å². The molecule has 0 aliphatic carbocycles. The topological polar surface area (TPSA) is 72.5 Å². The van der Waals surface area contributed by atoms with Gasteiger partial charge in [0.25, 0.3) is 0 Å². The molecule has 1 unspecified atom stereocenters. The first-order valence-corrected chi connectivity index (χ1v) is 4.69. The minimum atomic E-state index is -0.896. The minimum Gasteiger partial charge on any atom is -0.481 e. The van der Waals surface area contributed by atoms with Crippen molar-refractivity contribution in [2.75, 3.05) is 13.7 Å². The molecule has 1 aromatic rings. The summed E-state index contributed by atoms with van der Waals surface area (Å²) in [5, 5.41) is 8.94. The van der Waals surface area contributed by atoms with Crippen LogP contribution in [-0.4, -0.2) is 24.7 Å². The highest BCUT2D eigenvalue weighted by atomic mass is 16.5. The van der Waals surface area contributed by atoms with Crippen LogP contribution in [0.4, 0.5) is 0 Å². The van der Waals surface area contributed by atoms with Gasteiger partial charge in [-0.1, -0.05) is 24.3 Å². The molecule has 0 aromatic heterocycles. The van der Waals surface area contributed by atoms with Crippen molar-refractivity contribution in [1.29, 1.82) is 0 Å². The monoisotopic (exact) mass is 209 g/mol. The van der Waals surface area contributed by atoms with E-state index in [9.17, 15) is 4.79 Å². The quantitative estimate of drug-likeness (QED) is 0.757. The van der Waals surface area contributed by atoms with Gasteiger partial charge in [0.2, 0.25) is 0 Å². The Kier molecular flexibility index (Phi) is 4.27. The van der Waals surface area contributed by atoms with Gasteiger partial charge in [-0.2, -0.15) is 0 Å². The van der Waals surface area contributed by atoms with Crippen molar-refractivity contribution in [3.05, 3.63) is 35.4 Å². The average Bonchev–Trinajstić information content (AvgIpc) is 2.19. The molecule has 3 N–H and O–H groups in total. The first kappa shape index (κ1) is 11.7. The standard InChI is InChI=1S/C11H15NO3/c1-15-7-8-3-2-4-9(5-8)10(6-12)11(13)14/h2-5,10H,6-7,12H2,1H3,(H,13,14). The number of rotatable bonds is 5. The van der Waals surface area contributed by atoms with Crippen molar-refractivity contribution >= 4 is 5.97 Å². The molecule has 4 heteroatoms. The Balaban J connectivity index is 2.92. The molecule has 0 amide bonds. The van der Waals surface area contributed by atoms with Crippen LogP contribution in [-0.2, 0) is 16.1 Å². The van der Waals surface area contributed by atoms with Gasteiger partial charge in [-0.05, 0) is 11.1 Å². The Morgan fingerprint density at radius 2 is 2.33 bits per heavy atom. The lowest BCUT2D eigenvalue weighted by Gasteiger charge is -2.11. The number of hydrogen-bond donors (Lipinski definition) is 2. The van der Waals surface area contributed by atoms with Gasteiger partial charge in [0.05, 0.1) is 12.5 Å². The summed E-state index contributed by atoms with van der Waals surface area (Å²) in [5.74, 6) is -1.53. The molecule has 0 aliphatic rings. The van der Waals surface area contributed by atoms with Crippen LogP contribution in [0.5, 0.6) is 0 Å². The number of carboxylic acid groups (broad SMARTS) is 1. The third-order valence-electron chi connectivity index (χ3n) is 2.20. The molecule has 0 saturated heterocycles. The number of hydrogen-bond acceptors (Lipinski definition) is 3. The van der Waals surface area contributed by atoms with E-state index in [1.54, 1.807) is 13.2 Å². The summed E-state index contributed by atoms with van der Waals surface area (Å²) >= 11 is 0. The summed E-state index contributed by atoms with van der Waals surface area (Å²) in [7, 11) is 1.60. The number of methoxy groups -OCH3 is 1. The zero-order valence-electron chi connectivity index (χ0n) is 8.64. The Bertz CT molecular complexity index is 338. The van der Waals surface area contributed by atoms with E-state index in [1.165, 1.54) is 0 Å². The molecule has 1 atom stereocenters. The van der Waals surface area contributed by atoms with Crippen molar-refractivity contribution in [2.45, 2.75) is 12.5 Å². The third-order valence-corrected chi connectivity index (χ3v) is 2.20. The average molecular weight is 209 g/mol. The van der Waals surface area contributed by atoms with Crippen LogP contribution < -0.4 is 5.73 Å². The van der Waals surface area contributed by atoms with Crippen LogP contribution in [0.1, 0.15) is 17.0 Å². The van der Waals surface area contributed by atoms with Crippen LogP contribution in [0.15, 0.2) is 24.3 Å². The molecule has 1 rings (SSSR count). The fraction of sp³-hybridized carbons (Fsp3) is 0.364.